The molecule has 48 heteroatoms. The van der Waals surface area contributed by atoms with E-state index in [2.05, 4.69) is 40.2 Å². The molecule has 0 bridgehead atoms. The van der Waals surface area contributed by atoms with Gasteiger partial charge in [0, 0.05) is 56.1 Å². The molecule has 7 aliphatic rings. The predicted molar refractivity (Wildman–Crippen MR) is 344 cm³/mol. The van der Waals surface area contributed by atoms with E-state index in [1.807, 2.05) is 0 Å². The van der Waals surface area contributed by atoms with Gasteiger partial charge >= 0.3 is 40.5 Å². The van der Waals surface area contributed by atoms with Gasteiger partial charge in [-0.05, 0) is 25.0 Å². The van der Waals surface area contributed by atoms with Crippen molar-refractivity contribution >= 4 is 86.9 Å². The van der Waals surface area contributed by atoms with Crippen molar-refractivity contribution in [2.45, 2.75) is 144 Å². The summed E-state index contributed by atoms with van der Waals surface area (Å²) in [4.78, 5) is 151. The van der Waals surface area contributed by atoms with E-state index in [0.29, 0.717) is 10.5 Å². The van der Waals surface area contributed by atoms with Gasteiger partial charge in [0.2, 0.25) is 18.6 Å². The fraction of sp³-hybridized carbons (Fsp3) is 0.500. The number of hydrogen-bond donors (Lipinski definition) is 12. The molecule has 0 spiro atoms. The number of ketones is 1. The molecule has 7 aromatic rings. The maximum atomic E-state index is 14.3. The SMILES string of the molecule is COc1cc2c(c3oc(=O)c4c(c13)CCC4=O)[C@H]1[C@@H](O2)O[C@@H](N(C=O)c2c(N[C@@H]3C[C@H](OP(=O)(O)OC[C@H]4O[C@@H](n5cnc6c(N)ncnc65)C[C@@H]4O)[C@@H](COP(=O)(O)O[C@H]4C[C@H](n5cc(C)c(=O)[nH]c5=O)O[C@@H]4COP(=O)(O)O[C@H]4C[C@H](n5ccc(N)nc5=O)O[C@@H]4CO)O3)nc(N)[nH]c2=O)[C@@H]1O. The number of nitrogens with zero attached hydrogens (tertiary/aromatic N) is 9. The second-order valence-electron chi connectivity index (χ2n) is 24.8. The Morgan fingerprint density at radius 1 is 0.769 bits per heavy atom. The summed E-state index contributed by atoms with van der Waals surface area (Å²) in [6.45, 7) is -2.41. The molecule has 14 rings (SSSR count). The molecule has 0 radical (unpaired) electrons. The van der Waals surface area contributed by atoms with Crippen LogP contribution in [0, 0.1) is 6.92 Å². The van der Waals surface area contributed by atoms with Crippen LogP contribution in [-0.4, -0.2) is 198 Å². The average molecular weight is 1520 g/mol. The van der Waals surface area contributed by atoms with E-state index in [1.54, 1.807) is 0 Å². The zero-order valence-electron chi connectivity index (χ0n) is 53.9. The number of rotatable bonds is 25. The van der Waals surface area contributed by atoms with E-state index in [0.717, 1.165) is 15.3 Å². The number of carbonyl (C=O) groups excluding carboxylic acids is 2. The van der Waals surface area contributed by atoms with Crippen molar-refractivity contribution in [3.8, 4) is 11.5 Å². The number of aliphatic hydroxyl groups is 3. The number of aromatic amines is 2. The Bertz CT molecular complexity index is 5040. The highest BCUT2D eigenvalue weighted by molar-refractivity contribution is 7.48. The summed E-state index contributed by atoms with van der Waals surface area (Å²) in [5.74, 6) is -2.73. The zero-order chi connectivity index (χ0) is 73.7. The Kier molecular flexibility index (Phi) is 19.5. The van der Waals surface area contributed by atoms with E-state index in [1.165, 1.54) is 49.6 Å². The number of nitrogens with two attached hydrogens (primary N) is 3. The van der Waals surface area contributed by atoms with Gasteiger partial charge < -0.3 is 90.1 Å². The fourth-order valence-corrected chi connectivity index (χ4v) is 16.4. The summed E-state index contributed by atoms with van der Waals surface area (Å²) in [7, 11) is -15.0. The maximum Gasteiger partial charge on any atom is 0.472 e. The van der Waals surface area contributed by atoms with Gasteiger partial charge in [0.25, 0.3) is 11.1 Å². The lowest BCUT2D eigenvalue weighted by molar-refractivity contribution is -0.114. The van der Waals surface area contributed by atoms with Crippen molar-refractivity contribution in [3.05, 3.63) is 112 Å². The van der Waals surface area contributed by atoms with Crippen molar-refractivity contribution in [1.29, 1.82) is 0 Å². The third-order valence-electron chi connectivity index (χ3n) is 18.3. The molecular weight excluding hydrogens is 1460 g/mol. The Morgan fingerprint density at radius 3 is 2.10 bits per heavy atom. The number of methoxy groups -OCH3 is 1. The molecule has 558 valence electrons. The summed E-state index contributed by atoms with van der Waals surface area (Å²) in [6, 6.07) is 2.73. The molecule has 104 heavy (non-hydrogen) atoms. The van der Waals surface area contributed by atoms with E-state index >= 15 is 0 Å². The molecule has 15 N–H and O–H groups in total. The number of carbonyl (C=O) groups is 2. The number of aliphatic hydroxyl groups excluding tert-OH is 3. The molecule has 45 nitrogen and oxygen atoms in total. The molecule has 12 heterocycles. The lowest BCUT2D eigenvalue weighted by Crippen LogP contribution is -2.45. The van der Waals surface area contributed by atoms with Crippen LogP contribution in [0.15, 0.2) is 65.6 Å². The first-order valence-corrected chi connectivity index (χ1v) is 36.1. The summed E-state index contributed by atoms with van der Waals surface area (Å²) in [5, 5.41) is 36.4. The molecule has 6 aromatic heterocycles. The van der Waals surface area contributed by atoms with E-state index in [-0.39, 0.29) is 94.1 Å². The van der Waals surface area contributed by atoms with Gasteiger partial charge in [-0.1, -0.05) is 0 Å². The predicted octanol–water partition coefficient (Wildman–Crippen LogP) is -1.85. The van der Waals surface area contributed by atoms with Crippen LogP contribution in [0.3, 0.4) is 0 Å². The number of nitrogens with one attached hydrogen (secondary N) is 3. The summed E-state index contributed by atoms with van der Waals surface area (Å²) < 4.78 is 126. The Hall–Kier alpha value is -8.63. The normalized spacial score (nSPS) is 29.5. The molecule has 19 atom stereocenters. The van der Waals surface area contributed by atoms with Crippen LogP contribution >= 0.6 is 23.5 Å². The maximum absolute atomic E-state index is 14.3. The first-order valence-electron chi connectivity index (χ1n) is 31.6. The lowest BCUT2D eigenvalue weighted by Gasteiger charge is -2.29. The van der Waals surface area contributed by atoms with Crippen LogP contribution in [0.4, 0.5) is 29.1 Å². The van der Waals surface area contributed by atoms with Gasteiger partial charge in [-0.15, -0.1) is 0 Å². The largest absolute Gasteiger partial charge is 0.496 e. The minimum atomic E-state index is -5.60. The highest BCUT2D eigenvalue weighted by Gasteiger charge is 2.56. The summed E-state index contributed by atoms with van der Waals surface area (Å²) >= 11 is 0. The molecule has 1 aromatic carbocycles. The van der Waals surface area contributed by atoms with E-state index in [4.69, 9.17) is 81.9 Å². The average Bonchev–Trinajstić information content (AvgIpc) is 1.53. The van der Waals surface area contributed by atoms with E-state index < -0.39 is 212 Å². The molecule has 1 aliphatic carbocycles. The van der Waals surface area contributed by atoms with Crippen molar-refractivity contribution in [3.63, 3.8) is 0 Å². The minimum Gasteiger partial charge on any atom is -0.496 e. The van der Waals surface area contributed by atoms with Gasteiger partial charge in [0.15, 0.2) is 35.0 Å². The number of aryl methyl sites for hydroxylation is 2. The Labute approximate surface area is 579 Å². The monoisotopic (exact) mass is 1520 g/mol. The number of Topliss-reactive ketones (excluding diaryl/α,β-unsaturated/α-hetero) is 1. The number of aromatic nitrogens is 10. The van der Waals surface area contributed by atoms with Gasteiger partial charge in [-0.25, -0.2) is 43.0 Å². The van der Waals surface area contributed by atoms with Crippen LogP contribution < -0.4 is 65.0 Å². The van der Waals surface area contributed by atoms with Gasteiger partial charge in [-0.2, -0.15) is 9.97 Å². The number of H-pyrrole nitrogens is 2. The number of hydrogen-bond acceptors (Lipinski definition) is 36. The van der Waals surface area contributed by atoms with Gasteiger partial charge in [0.1, 0.15) is 114 Å². The van der Waals surface area contributed by atoms with Crippen molar-refractivity contribution in [2.75, 3.05) is 61.0 Å². The summed E-state index contributed by atoms with van der Waals surface area (Å²) in [5.41, 5.74) is 12.8. The minimum absolute atomic E-state index is 0.0000182. The molecule has 3 unspecified atom stereocenters. The summed E-state index contributed by atoms with van der Waals surface area (Å²) in [6.07, 6.45) is -19.2. The number of nitrogen functional groups attached to an aromatic ring is 3. The van der Waals surface area contributed by atoms with Crippen LogP contribution in [0.5, 0.6) is 11.5 Å². The van der Waals surface area contributed by atoms with E-state index in [9.17, 15) is 77.3 Å². The van der Waals surface area contributed by atoms with Crippen molar-refractivity contribution in [1.82, 2.24) is 48.6 Å². The topological polar surface area (TPSA) is 629 Å². The Morgan fingerprint density at radius 2 is 1.41 bits per heavy atom. The van der Waals surface area contributed by atoms with Crippen molar-refractivity contribution in [2.24, 2.45) is 0 Å². The molecule has 1 amide bonds. The number of anilines is 5. The fourth-order valence-electron chi connectivity index (χ4n) is 13.5. The number of phosphoric ester groups is 3. The first kappa shape index (κ1) is 72.3. The third-order valence-corrected chi connectivity index (χ3v) is 21.3. The van der Waals surface area contributed by atoms with Crippen LogP contribution in [0.25, 0.3) is 22.1 Å². The number of fused-ring (bicyclic) bond motifs is 8. The number of imidazole rings is 1. The molecular formula is C56H64N15O30P3. The second-order valence-corrected chi connectivity index (χ2v) is 29.0. The molecule has 6 aliphatic heterocycles. The van der Waals surface area contributed by atoms with Gasteiger partial charge in [-0.3, -0.25) is 74.9 Å². The number of ether oxygens (including phenoxy) is 7. The molecule has 5 saturated heterocycles. The quantitative estimate of drug-likeness (QED) is 0.0170. The second kappa shape index (κ2) is 28.0. The van der Waals surface area contributed by atoms with Crippen LogP contribution in [0.2, 0.25) is 0 Å². The lowest BCUT2D eigenvalue weighted by atomic mass is 9.91. The highest BCUT2D eigenvalue weighted by atomic mass is 31.2. The standard InChI is InChI=1S/C56H64N15O30P3/c1-20-12-69(56(81)67-49(20)77)37-11-26(32(95-37)16-91-103(84,85)100-25-10-36(93-29(25)13-72)68-6-5-33(57)63-55(68)80)101-104(86,87)90-15-31-24(99-102(82,83)89-14-30-23(75)7-35(94-30)70-18-62-42-46(58)60-17-61-48(42)70)9-34(92-31)64-47-43(50(78)66-54(59)65-47)71(19-73)51-44(76)41-40-28(96-53(41)98-51)8-27(88-2)39-21-3-4-22(74)38(21)52(79)97-45(39)40/h5-6,8,12,17-19,23-26,29-32,34-37,41,44,51,53,72,75-76H,3-4,7,9-11,13-16H2,1-2H3,(H,82,83)(H,84,85)(H,86,87)(H2,57,63,80)(H2,58,60,61)(H,67,77,81)(H4,59,64,65,66,78)/t23-,24-,25-,26-,29+,30+,31+,32+,34-,35+,36+,37+,41+,44+,51+,53-/m0/s1. The van der Waals surface area contributed by atoms with Crippen LogP contribution in [0.1, 0.15) is 83.8 Å². The third kappa shape index (κ3) is 13.9. The van der Waals surface area contributed by atoms with Crippen molar-refractivity contribution < 1.29 is 118 Å². The molecule has 0 saturated carbocycles. The number of amides is 1. The molecule has 5 fully saturated rings. The number of phosphoric acid groups is 3. The number of benzene rings is 1. The van der Waals surface area contributed by atoms with Gasteiger partial charge in [0.05, 0.1) is 62.8 Å². The first-order chi connectivity index (χ1) is 49.5. The Balaban J connectivity index is 0.710. The smallest absolute Gasteiger partial charge is 0.472 e. The van der Waals surface area contributed by atoms with Crippen LogP contribution in [-0.2, 0) is 75.7 Å². The highest BCUT2D eigenvalue weighted by Crippen LogP contribution is 2.56. The zero-order valence-corrected chi connectivity index (χ0v) is 56.6.